The maximum atomic E-state index is 13.4. The van der Waals surface area contributed by atoms with Crippen molar-refractivity contribution in [3.63, 3.8) is 0 Å². The smallest absolute Gasteiger partial charge is 0.331 e. The van der Waals surface area contributed by atoms with Gasteiger partial charge >= 0.3 is 17.9 Å². The van der Waals surface area contributed by atoms with Gasteiger partial charge in [0.1, 0.15) is 18.0 Å². The molecule has 3 aromatic rings. The molecule has 256 valence electrons. The molecule has 0 amide bonds. The minimum Gasteiger partial charge on any atom is -0.497 e. The summed E-state index contributed by atoms with van der Waals surface area (Å²) in [5.74, 6) is -0.683. The zero-order valence-corrected chi connectivity index (χ0v) is 28.3. The number of rotatable bonds is 9. The summed E-state index contributed by atoms with van der Waals surface area (Å²) in [7, 11) is 6.10. The van der Waals surface area contributed by atoms with Crippen LogP contribution in [0.2, 0.25) is 0 Å². The topological polar surface area (TPSA) is 126 Å². The lowest BCUT2D eigenvalue weighted by atomic mass is 9.63. The van der Waals surface area contributed by atoms with Gasteiger partial charge in [0.2, 0.25) is 0 Å². The van der Waals surface area contributed by atoms with Crippen molar-refractivity contribution < 1.29 is 42.8 Å². The van der Waals surface area contributed by atoms with Crippen LogP contribution in [0.1, 0.15) is 49.6 Å². The molecule has 0 radical (unpaired) electrons. The summed E-state index contributed by atoms with van der Waals surface area (Å²) >= 11 is 0. The van der Waals surface area contributed by atoms with Gasteiger partial charge in [-0.3, -0.25) is 14.5 Å². The number of ether oxygens (including phenoxy) is 6. The maximum absolute atomic E-state index is 13.4. The Labute approximate surface area is 280 Å². The van der Waals surface area contributed by atoms with E-state index in [0.717, 1.165) is 37.2 Å². The Morgan fingerprint density at radius 1 is 0.979 bits per heavy atom. The zero-order chi connectivity index (χ0) is 34.1. The average molecular weight is 661 g/mol. The number of H-pyrrole nitrogens is 1. The third kappa shape index (κ3) is 6.41. The van der Waals surface area contributed by atoms with Crippen LogP contribution < -0.4 is 14.2 Å². The quantitative estimate of drug-likeness (QED) is 0.188. The minimum atomic E-state index is -0.666. The van der Waals surface area contributed by atoms with Gasteiger partial charge in [-0.15, -0.1) is 0 Å². The van der Waals surface area contributed by atoms with Gasteiger partial charge in [-0.2, -0.15) is 0 Å². The van der Waals surface area contributed by atoms with Crippen LogP contribution >= 0.6 is 0 Å². The molecule has 0 bridgehead atoms. The first-order chi connectivity index (χ1) is 23.1. The van der Waals surface area contributed by atoms with E-state index in [2.05, 4.69) is 16.0 Å². The molecule has 11 heteroatoms. The first kappa shape index (κ1) is 33.5. The van der Waals surface area contributed by atoms with E-state index < -0.39 is 30.1 Å². The summed E-state index contributed by atoms with van der Waals surface area (Å²) in [5.41, 5.74) is 4.19. The van der Waals surface area contributed by atoms with Crippen molar-refractivity contribution in [3.05, 3.63) is 59.3 Å². The lowest BCUT2D eigenvalue weighted by molar-refractivity contribution is -0.187. The molecule has 1 aliphatic carbocycles. The highest BCUT2D eigenvalue weighted by Crippen LogP contribution is 2.50. The van der Waals surface area contributed by atoms with Crippen LogP contribution in [0.25, 0.3) is 17.0 Å². The third-order valence-corrected chi connectivity index (χ3v) is 10.2. The highest BCUT2D eigenvalue weighted by molar-refractivity contribution is 5.88. The van der Waals surface area contributed by atoms with Crippen LogP contribution in [0.15, 0.2) is 42.5 Å². The molecule has 1 aromatic heterocycles. The fourth-order valence-electron chi connectivity index (χ4n) is 7.81. The molecule has 2 fully saturated rings. The molecule has 3 heterocycles. The second-order valence-electron chi connectivity index (χ2n) is 13.1. The summed E-state index contributed by atoms with van der Waals surface area (Å²) in [5, 5.41) is 1.21. The van der Waals surface area contributed by atoms with Gasteiger partial charge < -0.3 is 33.4 Å². The second kappa shape index (κ2) is 14.0. The zero-order valence-electron chi connectivity index (χ0n) is 28.3. The summed E-state index contributed by atoms with van der Waals surface area (Å²) in [4.78, 5) is 45.0. The Hall–Kier alpha value is -4.35. The van der Waals surface area contributed by atoms with Crippen LogP contribution in [0.5, 0.6) is 17.2 Å². The first-order valence-corrected chi connectivity index (χ1v) is 16.5. The molecule has 0 unspecified atom stereocenters. The van der Waals surface area contributed by atoms with Gasteiger partial charge in [-0.1, -0.05) is 19.9 Å². The number of carbonyl (C=O) groups is 3. The molecule has 2 aliphatic heterocycles. The Morgan fingerprint density at radius 3 is 2.50 bits per heavy atom. The number of benzene rings is 2. The molecular weight excluding hydrogens is 616 g/mol. The maximum Gasteiger partial charge on any atom is 0.331 e. The van der Waals surface area contributed by atoms with Crippen molar-refractivity contribution in [3.8, 4) is 17.2 Å². The molecule has 2 aromatic carbocycles. The van der Waals surface area contributed by atoms with Gasteiger partial charge in [0.05, 0.1) is 39.2 Å². The molecule has 1 N–H and O–H groups in total. The summed E-state index contributed by atoms with van der Waals surface area (Å²) in [6, 6.07) is 11.3. The number of piperidine rings is 1. The molecule has 6 atom stereocenters. The Kier molecular flexibility index (Phi) is 9.80. The molecule has 1 saturated heterocycles. The highest BCUT2D eigenvalue weighted by atomic mass is 16.6. The average Bonchev–Trinajstić information content (AvgIpc) is 3.47. The number of nitrogens with one attached hydrogen (secondary N) is 1. The predicted octanol–water partition coefficient (Wildman–Crippen LogP) is 5.11. The van der Waals surface area contributed by atoms with Crippen LogP contribution in [0.3, 0.4) is 0 Å². The monoisotopic (exact) mass is 660 g/mol. The number of carbonyl (C=O) groups excluding carboxylic acids is 3. The first-order valence-electron chi connectivity index (χ1n) is 16.5. The number of nitrogens with zero attached hydrogens (tertiary/aromatic N) is 1. The number of hydrogen-bond donors (Lipinski definition) is 1. The SMILES string of the molecule is COC(=O)[C@H]1[C@H]2C[C@@H]3c4[nH]c5cc(OC)ccc5c4CCN3C[C@H]2C[C@@H](OC(=O)C=Cc2ccc(OC)c(OC(=O)C(C)C)c2)[C@@H]1OC. The molecule has 6 rings (SSSR count). The Balaban J connectivity index is 1.21. The van der Waals surface area contributed by atoms with E-state index in [1.165, 1.54) is 36.9 Å². The number of esters is 3. The number of fused-ring (bicyclic) bond motifs is 6. The second-order valence-corrected chi connectivity index (χ2v) is 13.1. The van der Waals surface area contributed by atoms with Crippen molar-refractivity contribution in [1.82, 2.24) is 9.88 Å². The van der Waals surface area contributed by atoms with Gasteiger partial charge in [0.25, 0.3) is 0 Å². The molecule has 0 spiro atoms. The Bertz CT molecular complexity index is 1710. The van der Waals surface area contributed by atoms with Gasteiger partial charge in [-0.25, -0.2) is 4.79 Å². The third-order valence-electron chi connectivity index (χ3n) is 10.2. The van der Waals surface area contributed by atoms with E-state index in [1.54, 1.807) is 52.3 Å². The highest BCUT2D eigenvalue weighted by Gasteiger charge is 2.54. The van der Waals surface area contributed by atoms with E-state index in [9.17, 15) is 14.4 Å². The van der Waals surface area contributed by atoms with Crippen molar-refractivity contribution in [2.24, 2.45) is 23.7 Å². The fraction of sp³-hybridized carbons (Fsp3) is 0.486. The molecule has 1 saturated carbocycles. The minimum absolute atomic E-state index is 0.0210. The van der Waals surface area contributed by atoms with Gasteiger partial charge in [0, 0.05) is 48.9 Å². The number of hydrogen-bond acceptors (Lipinski definition) is 10. The molecule has 11 nitrogen and oxygen atoms in total. The number of methoxy groups -OCH3 is 4. The van der Waals surface area contributed by atoms with Crippen molar-refractivity contribution in [2.75, 3.05) is 41.5 Å². The number of aromatic nitrogens is 1. The summed E-state index contributed by atoms with van der Waals surface area (Å²) in [6.07, 6.45) is 3.84. The number of aromatic amines is 1. The lowest BCUT2D eigenvalue weighted by Crippen LogP contribution is -2.58. The van der Waals surface area contributed by atoms with E-state index in [1.807, 2.05) is 12.1 Å². The summed E-state index contributed by atoms with van der Waals surface area (Å²) < 4.78 is 33.5. The largest absolute Gasteiger partial charge is 0.497 e. The van der Waals surface area contributed by atoms with Crippen LogP contribution in [0.4, 0.5) is 0 Å². The van der Waals surface area contributed by atoms with E-state index in [0.29, 0.717) is 17.7 Å². The van der Waals surface area contributed by atoms with Gasteiger partial charge in [-0.05, 0) is 72.6 Å². The van der Waals surface area contributed by atoms with E-state index >= 15 is 0 Å². The van der Waals surface area contributed by atoms with Crippen LogP contribution in [0, 0.1) is 23.7 Å². The standard InChI is InChI=1S/C37H44N2O9/c1-20(2)36(41)48-30-15-21(7-11-29(30)44-4)8-12-32(40)47-31-16-22-19-39-14-13-25-24-10-9-23(43-3)17-27(24)38-34(25)28(39)18-26(22)33(35(31)45-5)37(42)46-6/h7-12,15,17,20,22,26,28,31,33,35,38H,13-14,16,18-19H2,1-6H3/t22-,26+,28-,31-,33+,35+/m1/s1. The normalized spacial score (nSPS) is 25.2. The van der Waals surface area contributed by atoms with Crippen LogP contribution in [-0.2, 0) is 35.0 Å². The molecule has 48 heavy (non-hydrogen) atoms. The van der Waals surface area contributed by atoms with Crippen LogP contribution in [-0.4, -0.2) is 81.5 Å². The van der Waals surface area contributed by atoms with Crippen molar-refractivity contribution in [2.45, 2.75) is 51.4 Å². The molecular formula is C37H44N2O9. The summed E-state index contributed by atoms with van der Waals surface area (Å²) in [6.45, 7) is 5.16. The van der Waals surface area contributed by atoms with Crippen molar-refractivity contribution >= 4 is 34.9 Å². The Morgan fingerprint density at radius 2 is 1.79 bits per heavy atom. The van der Waals surface area contributed by atoms with Gasteiger partial charge in [0.15, 0.2) is 11.5 Å². The van der Waals surface area contributed by atoms with E-state index in [-0.39, 0.29) is 35.5 Å². The van der Waals surface area contributed by atoms with Crippen molar-refractivity contribution in [1.29, 1.82) is 0 Å². The fourth-order valence-corrected chi connectivity index (χ4v) is 7.81. The van der Waals surface area contributed by atoms with E-state index in [4.69, 9.17) is 28.4 Å². The predicted molar refractivity (Wildman–Crippen MR) is 178 cm³/mol. The molecule has 3 aliphatic rings. The lowest BCUT2D eigenvalue weighted by Gasteiger charge is -2.52.